The molecule has 0 fully saturated rings. The zero-order valence-corrected chi connectivity index (χ0v) is 57.8. The van der Waals surface area contributed by atoms with Gasteiger partial charge < -0.3 is 20.1 Å². The van der Waals surface area contributed by atoms with Gasteiger partial charge in [-0.25, -0.2) is 4.57 Å². The first kappa shape index (κ1) is 84.6. The van der Waals surface area contributed by atoms with Gasteiger partial charge in [-0.3, -0.25) is 18.6 Å². The van der Waals surface area contributed by atoms with E-state index < -0.39 is 26.5 Å². The zero-order chi connectivity index (χ0) is 64.4. The molecular weight excluding hydrogens is 1120 g/mol. The molecule has 0 rings (SSSR count). The predicted molar refractivity (Wildman–Crippen MR) is 385 cm³/mol. The largest absolute Gasteiger partial charge is 0.472 e. The van der Waals surface area contributed by atoms with Crippen molar-refractivity contribution in [2.75, 3.05) is 26.4 Å². The number of carbonyl (C=O) groups excluding carboxylic acids is 2. The van der Waals surface area contributed by atoms with Crippen LogP contribution < -0.4 is 5.73 Å². The minimum absolute atomic E-state index is 0.0430. The highest BCUT2D eigenvalue weighted by atomic mass is 31.2. The Hall–Kier alpha value is -4.37. The Labute approximate surface area is 547 Å². The fraction of sp³-hybridized carbons (Fsp3) is 0.646. The molecule has 0 saturated carbocycles. The van der Waals surface area contributed by atoms with Gasteiger partial charge in [0.1, 0.15) is 6.61 Å². The predicted octanol–water partition coefficient (Wildman–Crippen LogP) is 24.0. The molecule has 0 bridgehead atoms. The molecular formula is C79H132NO8P. The maximum absolute atomic E-state index is 12.8. The third kappa shape index (κ3) is 72.6. The van der Waals surface area contributed by atoms with Crippen molar-refractivity contribution in [3.63, 3.8) is 0 Å². The summed E-state index contributed by atoms with van der Waals surface area (Å²) in [6, 6.07) is 0. The SMILES string of the molecule is CC/C=C\C/C=C\C/C=C\C/C=C\C/C=C\C/C=C\C/C=C\C/C=C\C/C=C\C/C=C\C/C=C\CCCCCCCC(=O)OC(COC(=O)CCCCCCCCCCCCCCCCCCC/C=C\C/C=C\CCCCCCC)COP(=O)(O)OCCN. The molecule has 2 atom stereocenters. The summed E-state index contributed by atoms with van der Waals surface area (Å²) in [6.45, 7) is 3.61. The van der Waals surface area contributed by atoms with E-state index >= 15 is 0 Å². The first-order valence-electron chi connectivity index (χ1n) is 36.0. The third-order valence-electron chi connectivity index (χ3n) is 14.9. The molecule has 3 N–H and O–H groups in total. The number of hydrogen-bond donors (Lipinski definition) is 2. The van der Waals surface area contributed by atoms with E-state index in [-0.39, 0.29) is 38.6 Å². The quantitative estimate of drug-likeness (QED) is 0.0264. The van der Waals surface area contributed by atoms with E-state index in [4.69, 9.17) is 24.3 Å². The van der Waals surface area contributed by atoms with Crippen molar-refractivity contribution in [1.82, 2.24) is 0 Å². The van der Waals surface area contributed by atoms with E-state index in [0.29, 0.717) is 6.42 Å². The molecule has 0 aliphatic heterocycles. The van der Waals surface area contributed by atoms with Gasteiger partial charge in [0.15, 0.2) is 6.10 Å². The highest BCUT2D eigenvalue weighted by Gasteiger charge is 2.26. The normalized spacial score (nSPS) is 13.9. The van der Waals surface area contributed by atoms with Gasteiger partial charge in [-0.15, -0.1) is 0 Å². The molecule has 0 heterocycles. The number of allylic oxidation sites excluding steroid dienone is 26. The molecule has 0 spiro atoms. The monoisotopic (exact) mass is 1250 g/mol. The van der Waals surface area contributed by atoms with Crippen molar-refractivity contribution in [3.8, 4) is 0 Å². The van der Waals surface area contributed by atoms with Crippen molar-refractivity contribution < 1.29 is 37.6 Å². The first-order valence-corrected chi connectivity index (χ1v) is 37.5. The van der Waals surface area contributed by atoms with Gasteiger partial charge >= 0.3 is 19.8 Å². The van der Waals surface area contributed by atoms with Crippen LogP contribution in [0.5, 0.6) is 0 Å². The minimum atomic E-state index is -4.41. The Balaban J connectivity index is 3.99. The first-order chi connectivity index (χ1) is 43.8. The number of hydrogen-bond acceptors (Lipinski definition) is 8. The Morgan fingerprint density at radius 2 is 0.618 bits per heavy atom. The molecule has 0 saturated heterocycles. The number of nitrogens with two attached hydrogens (primary N) is 1. The van der Waals surface area contributed by atoms with Crippen LogP contribution in [0.3, 0.4) is 0 Å². The highest BCUT2D eigenvalue weighted by Crippen LogP contribution is 2.43. The summed E-state index contributed by atoms with van der Waals surface area (Å²) >= 11 is 0. The second kappa shape index (κ2) is 72.7. The lowest BCUT2D eigenvalue weighted by Crippen LogP contribution is -2.29. The fourth-order valence-electron chi connectivity index (χ4n) is 9.61. The molecule has 9 nitrogen and oxygen atoms in total. The van der Waals surface area contributed by atoms with Crippen LogP contribution in [0.15, 0.2) is 158 Å². The number of ether oxygens (including phenoxy) is 2. The summed E-state index contributed by atoms with van der Waals surface area (Å²) in [5, 5.41) is 0. The Morgan fingerprint density at radius 3 is 0.921 bits per heavy atom. The average molecular weight is 1250 g/mol. The van der Waals surface area contributed by atoms with Gasteiger partial charge in [-0.2, -0.15) is 0 Å². The van der Waals surface area contributed by atoms with Crippen LogP contribution >= 0.6 is 7.82 Å². The van der Waals surface area contributed by atoms with Gasteiger partial charge in [-0.1, -0.05) is 313 Å². The number of rotatable bonds is 66. The smallest absolute Gasteiger partial charge is 0.462 e. The minimum Gasteiger partial charge on any atom is -0.462 e. The van der Waals surface area contributed by atoms with Crippen LogP contribution in [-0.2, 0) is 32.7 Å². The molecule has 506 valence electrons. The summed E-state index contributed by atoms with van der Waals surface area (Å²) in [4.78, 5) is 35.4. The highest BCUT2D eigenvalue weighted by molar-refractivity contribution is 7.47. The van der Waals surface area contributed by atoms with Crippen LogP contribution in [0, 0.1) is 0 Å². The van der Waals surface area contributed by atoms with Gasteiger partial charge in [0.05, 0.1) is 13.2 Å². The summed E-state index contributed by atoms with van der Waals surface area (Å²) in [7, 11) is -4.41. The number of esters is 2. The van der Waals surface area contributed by atoms with Crippen LogP contribution in [0.2, 0.25) is 0 Å². The Morgan fingerprint density at radius 1 is 0.348 bits per heavy atom. The molecule has 0 aliphatic rings. The van der Waals surface area contributed by atoms with Crippen molar-refractivity contribution in [2.45, 2.75) is 302 Å². The second-order valence-corrected chi connectivity index (χ2v) is 24.8. The number of phosphoric acid groups is 1. The number of phosphoric ester groups is 1. The maximum Gasteiger partial charge on any atom is 0.472 e. The third-order valence-corrected chi connectivity index (χ3v) is 15.9. The van der Waals surface area contributed by atoms with Crippen molar-refractivity contribution in [2.24, 2.45) is 5.73 Å². The van der Waals surface area contributed by atoms with E-state index in [0.717, 1.165) is 128 Å². The van der Waals surface area contributed by atoms with E-state index in [2.05, 4.69) is 172 Å². The van der Waals surface area contributed by atoms with E-state index in [1.807, 2.05) is 0 Å². The van der Waals surface area contributed by atoms with Crippen molar-refractivity contribution in [1.29, 1.82) is 0 Å². The topological polar surface area (TPSA) is 134 Å². The fourth-order valence-corrected chi connectivity index (χ4v) is 10.4. The zero-order valence-electron chi connectivity index (χ0n) is 56.9. The van der Waals surface area contributed by atoms with Gasteiger partial charge in [-0.05, 0) is 128 Å². The Bertz CT molecular complexity index is 2020. The van der Waals surface area contributed by atoms with Crippen molar-refractivity contribution in [3.05, 3.63) is 158 Å². The average Bonchev–Trinajstić information content (AvgIpc) is 3.68. The molecule has 89 heavy (non-hydrogen) atoms. The molecule has 0 amide bonds. The van der Waals surface area contributed by atoms with Gasteiger partial charge in [0.25, 0.3) is 0 Å². The molecule has 0 aliphatic carbocycles. The molecule has 0 aromatic heterocycles. The van der Waals surface area contributed by atoms with Gasteiger partial charge in [0.2, 0.25) is 0 Å². The Kier molecular flexibility index (Phi) is 69.1. The summed E-state index contributed by atoms with van der Waals surface area (Å²) in [5.41, 5.74) is 5.40. The van der Waals surface area contributed by atoms with E-state index in [1.54, 1.807) is 0 Å². The molecule has 0 aromatic carbocycles. The number of carbonyl (C=O) groups is 2. The molecule has 2 unspecified atom stereocenters. The van der Waals surface area contributed by atoms with Crippen LogP contribution in [-0.4, -0.2) is 49.3 Å². The maximum atomic E-state index is 12.8. The lowest BCUT2D eigenvalue weighted by Gasteiger charge is -2.19. The summed E-state index contributed by atoms with van der Waals surface area (Å²) in [6.07, 6.45) is 106. The van der Waals surface area contributed by atoms with Crippen molar-refractivity contribution >= 4 is 19.8 Å². The summed E-state index contributed by atoms with van der Waals surface area (Å²) in [5.74, 6) is -0.852. The van der Waals surface area contributed by atoms with Crippen LogP contribution in [0.25, 0.3) is 0 Å². The molecule has 0 radical (unpaired) electrons. The van der Waals surface area contributed by atoms with Gasteiger partial charge in [0, 0.05) is 19.4 Å². The lowest BCUT2D eigenvalue weighted by atomic mass is 10.0. The van der Waals surface area contributed by atoms with Crippen LogP contribution in [0.1, 0.15) is 296 Å². The van der Waals surface area contributed by atoms with E-state index in [9.17, 15) is 19.0 Å². The van der Waals surface area contributed by atoms with E-state index in [1.165, 1.54) is 135 Å². The lowest BCUT2D eigenvalue weighted by molar-refractivity contribution is -0.161. The van der Waals surface area contributed by atoms with Crippen LogP contribution in [0.4, 0.5) is 0 Å². The summed E-state index contributed by atoms with van der Waals surface area (Å²) < 4.78 is 33.2. The second-order valence-electron chi connectivity index (χ2n) is 23.4. The molecule has 10 heteroatoms. The standard InChI is InChI=1S/C79H132NO8P/c1-3-5-7-9-11-13-15-17-19-21-23-25-27-29-31-33-34-35-36-37-38-39-40-41-42-44-46-48-50-52-54-56-58-60-62-64-66-68-70-72-79(82)88-77(76-87-89(83,84)86-74-73-80)75-85-78(81)71-69-67-65-63-61-59-57-55-53-51-49-47-45-43-32-30-28-26-24-22-20-18-16-14-12-10-8-6-4-2/h5,7,11,13,16-19,22-25,29,31,34-35,37-38,40-41,44,46,50,52,56,58,77H,3-4,6,8-10,12,14-15,20-21,26-28,30,32-33,36,39,42-43,45,47-49,51,53-55,57,59-76,80H2,1-2H3,(H,83,84)/b7-5-,13-11-,18-16-,19-17-,24-22-,25-23-,31-29-,35-34-,38-37-,41-40-,46-44-,52-50-,58-56-. The molecule has 0 aromatic rings. The number of unbranched alkanes of at least 4 members (excludes halogenated alkanes) is 27.